The largest absolute Gasteiger partial charge is 0.481 e. The summed E-state index contributed by atoms with van der Waals surface area (Å²) >= 11 is 0. The van der Waals surface area contributed by atoms with Crippen molar-refractivity contribution in [2.24, 2.45) is 5.92 Å². The Hall–Kier alpha value is -1.97. The predicted octanol–water partition coefficient (Wildman–Crippen LogP) is 2.93. The molecule has 1 rings (SSSR count). The highest BCUT2D eigenvalue weighted by atomic mass is 16.5. The molecule has 0 aliphatic carbocycles. The van der Waals surface area contributed by atoms with Crippen LogP contribution in [0.25, 0.3) is 0 Å². The Bertz CT molecular complexity index is 484. The van der Waals surface area contributed by atoms with Gasteiger partial charge in [-0.25, -0.2) is 0 Å². The van der Waals surface area contributed by atoms with E-state index in [-0.39, 0.29) is 5.91 Å². The summed E-state index contributed by atoms with van der Waals surface area (Å²) in [4.78, 5) is 12.0. The standard InChI is InChI=1S/C17H26N2O2/c1-5-6-14-11-15(18)7-8-16(14)21-13(4)17(20)19-10-9-12(2)3/h5,7-8,11-13H,1,6,9-10,18H2,2-4H3,(H,19,20). The first-order valence-electron chi connectivity index (χ1n) is 7.37. The number of anilines is 1. The molecule has 21 heavy (non-hydrogen) atoms. The Kier molecular flexibility index (Phi) is 6.79. The molecule has 0 aliphatic rings. The second-order valence-electron chi connectivity index (χ2n) is 5.59. The lowest BCUT2D eigenvalue weighted by molar-refractivity contribution is -0.127. The van der Waals surface area contributed by atoms with Gasteiger partial charge in [-0.15, -0.1) is 6.58 Å². The topological polar surface area (TPSA) is 64.3 Å². The van der Waals surface area contributed by atoms with E-state index < -0.39 is 6.10 Å². The molecular weight excluding hydrogens is 264 g/mol. The van der Waals surface area contributed by atoms with Crippen molar-refractivity contribution in [3.05, 3.63) is 36.4 Å². The Morgan fingerprint density at radius 1 is 1.43 bits per heavy atom. The Labute approximate surface area is 127 Å². The Balaban J connectivity index is 2.63. The number of nitrogens with two attached hydrogens (primary N) is 1. The van der Waals surface area contributed by atoms with Gasteiger partial charge in [-0.3, -0.25) is 4.79 Å². The third-order valence-corrected chi connectivity index (χ3v) is 3.14. The number of nitrogens with one attached hydrogen (secondary N) is 1. The van der Waals surface area contributed by atoms with E-state index in [2.05, 4.69) is 25.7 Å². The molecule has 0 spiro atoms. The minimum Gasteiger partial charge on any atom is -0.481 e. The number of nitrogen functional groups attached to an aromatic ring is 1. The van der Waals surface area contributed by atoms with Crippen molar-refractivity contribution in [2.45, 2.75) is 39.7 Å². The summed E-state index contributed by atoms with van der Waals surface area (Å²) in [5.74, 6) is 1.14. The number of allylic oxidation sites excluding steroid dienone is 1. The smallest absolute Gasteiger partial charge is 0.260 e. The predicted molar refractivity (Wildman–Crippen MR) is 87.3 cm³/mol. The maximum atomic E-state index is 12.0. The number of rotatable bonds is 8. The molecule has 0 bridgehead atoms. The molecule has 3 N–H and O–H groups in total. The highest BCUT2D eigenvalue weighted by Gasteiger charge is 2.15. The number of hydrogen-bond acceptors (Lipinski definition) is 3. The minimum absolute atomic E-state index is 0.1000. The van der Waals surface area contributed by atoms with Crippen LogP contribution in [0.15, 0.2) is 30.9 Å². The summed E-state index contributed by atoms with van der Waals surface area (Å²) in [5, 5.41) is 2.89. The first-order valence-corrected chi connectivity index (χ1v) is 7.37. The molecule has 0 radical (unpaired) electrons. The van der Waals surface area contributed by atoms with Crippen molar-refractivity contribution in [2.75, 3.05) is 12.3 Å². The number of ether oxygens (including phenoxy) is 1. The summed E-state index contributed by atoms with van der Waals surface area (Å²) in [6.07, 6.45) is 2.86. The molecule has 1 atom stereocenters. The fourth-order valence-electron chi connectivity index (χ4n) is 1.90. The van der Waals surface area contributed by atoms with Gasteiger partial charge in [0.2, 0.25) is 0 Å². The highest BCUT2D eigenvalue weighted by molar-refractivity contribution is 5.80. The zero-order valence-electron chi connectivity index (χ0n) is 13.2. The molecule has 116 valence electrons. The molecule has 0 saturated carbocycles. The summed E-state index contributed by atoms with van der Waals surface area (Å²) < 4.78 is 5.76. The fourth-order valence-corrected chi connectivity index (χ4v) is 1.90. The van der Waals surface area contributed by atoms with Crippen LogP contribution in [0.5, 0.6) is 5.75 Å². The molecule has 1 aromatic carbocycles. The Morgan fingerprint density at radius 2 is 2.14 bits per heavy atom. The van der Waals surface area contributed by atoms with E-state index in [1.54, 1.807) is 25.1 Å². The lowest BCUT2D eigenvalue weighted by atomic mass is 10.1. The van der Waals surface area contributed by atoms with Crippen molar-refractivity contribution >= 4 is 11.6 Å². The third-order valence-electron chi connectivity index (χ3n) is 3.14. The van der Waals surface area contributed by atoms with Gasteiger partial charge in [0, 0.05) is 12.2 Å². The zero-order chi connectivity index (χ0) is 15.8. The van der Waals surface area contributed by atoms with Crippen LogP contribution in [-0.2, 0) is 11.2 Å². The quantitative estimate of drug-likeness (QED) is 0.571. The highest BCUT2D eigenvalue weighted by Crippen LogP contribution is 2.23. The van der Waals surface area contributed by atoms with E-state index in [4.69, 9.17) is 10.5 Å². The molecule has 0 aliphatic heterocycles. The van der Waals surface area contributed by atoms with Crippen molar-refractivity contribution in [1.82, 2.24) is 5.32 Å². The molecule has 0 aromatic heterocycles. The van der Waals surface area contributed by atoms with Crippen LogP contribution >= 0.6 is 0 Å². The van der Waals surface area contributed by atoms with Gasteiger partial charge < -0.3 is 15.8 Å². The number of benzene rings is 1. The van der Waals surface area contributed by atoms with Gasteiger partial charge in [0.15, 0.2) is 6.10 Å². The van der Waals surface area contributed by atoms with Gasteiger partial charge in [0.1, 0.15) is 5.75 Å². The van der Waals surface area contributed by atoms with Gasteiger partial charge in [0.05, 0.1) is 0 Å². The third kappa shape index (κ3) is 5.90. The van der Waals surface area contributed by atoms with E-state index in [1.807, 2.05) is 6.07 Å². The summed E-state index contributed by atoms with van der Waals surface area (Å²) in [7, 11) is 0. The zero-order valence-corrected chi connectivity index (χ0v) is 13.2. The van der Waals surface area contributed by atoms with Crippen LogP contribution in [0.3, 0.4) is 0 Å². The second kappa shape index (κ2) is 8.35. The number of carbonyl (C=O) groups is 1. The van der Waals surface area contributed by atoms with Crippen molar-refractivity contribution in [3.63, 3.8) is 0 Å². The van der Waals surface area contributed by atoms with Crippen LogP contribution in [-0.4, -0.2) is 18.6 Å². The lowest BCUT2D eigenvalue weighted by Gasteiger charge is -2.17. The molecule has 0 fully saturated rings. The van der Waals surface area contributed by atoms with Gasteiger partial charge >= 0.3 is 0 Å². The van der Waals surface area contributed by atoms with Crippen molar-refractivity contribution in [1.29, 1.82) is 0 Å². The monoisotopic (exact) mass is 290 g/mol. The molecule has 4 heteroatoms. The number of carbonyl (C=O) groups excluding carboxylic acids is 1. The molecular formula is C17H26N2O2. The van der Waals surface area contributed by atoms with Crippen LogP contribution < -0.4 is 15.8 Å². The number of hydrogen-bond donors (Lipinski definition) is 2. The molecule has 1 unspecified atom stereocenters. The molecule has 4 nitrogen and oxygen atoms in total. The summed E-state index contributed by atoms with van der Waals surface area (Å²) in [6.45, 7) is 10.4. The molecule has 1 amide bonds. The van der Waals surface area contributed by atoms with Crippen molar-refractivity contribution < 1.29 is 9.53 Å². The average molecular weight is 290 g/mol. The van der Waals surface area contributed by atoms with E-state index in [0.29, 0.717) is 30.3 Å². The van der Waals surface area contributed by atoms with Gasteiger partial charge in [-0.1, -0.05) is 19.9 Å². The van der Waals surface area contributed by atoms with Crippen LogP contribution in [0.1, 0.15) is 32.8 Å². The first-order chi connectivity index (χ1) is 9.93. The molecule has 0 saturated heterocycles. The summed E-state index contributed by atoms with van der Waals surface area (Å²) in [5.41, 5.74) is 7.38. The maximum absolute atomic E-state index is 12.0. The first kappa shape index (κ1) is 17.1. The van der Waals surface area contributed by atoms with Crippen molar-refractivity contribution in [3.8, 4) is 5.75 Å². The van der Waals surface area contributed by atoms with E-state index in [9.17, 15) is 4.79 Å². The van der Waals surface area contributed by atoms with Crippen LogP contribution in [0, 0.1) is 5.92 Å². The minimum atomic E-state index is -0.538. The van der Waals surface area contributed by atoms with Crippen LogP contribution in [0.2, 0.25) is 0 Å². The average Bonchev–Trinajstić information content (AvgIpc) is 2.41. The van der Waals surface area contributed by atoms with Crippen LogP contribution in [0.4, 0.5) is 5.69 Å². The lowest BCUT2D eigenvalue weighted by Crippen LogP contribution is -2.37. The Morgan fingerprint density at radius 3 is 2.76 bits per heavy atom. The van der Waals surface area contributed by atoms with E-state index in [1.165, 1.54) is 0 Å². The van der Waals surface area contributed by atoms with E-state index in [0.717, 1.165) is 12.0 Å². The van der Waals surface area contributed by atoms with E-state index >= 15 is 0 Å². The van der Waals surface area contributed by atoms with Gasteiger partial charge in [-0.05, 0) is 49.4 Å². The second-order valence-corrected chi connectivity index (χ2v) is 5.59. The summed E-state index contributed by atoms with van der Waals surface area (Å²) in [6, 6.07) is 5.41. The van der Waals surface area contributed by atoms with Gasteiger partial charge in [0.25, 0.3) is 5.91 Å². The fraction of sp³-hybridized carbons (Fsp3) is 0.471. The number of amides is 1. The molecule has 0 heterocycles. The normalized spacial score (nSPS) is 12.0. The SMILES string of the molecule is C=CCc1cc(N)ccc1OC(C)C(=O)NCCC(C)C. The van der Waals surface area contributed by atoms with Gasteiger partial charge in [-0.2, -0.15) is 0 Å². The molecule has 1 aromatic rings. The maximum Gasteiger partial charge on any atom is 0.260 e.